The van der Waals surface area contributed by atoms with Crippen molar-refractivity contribution in [2.75, 3.05) is 0 Å². The van der Waals surface area contributed by atoms with Gasteiger partial charge in [0.15, 0.2) is 5.69 Å². The second-order valence-electron chi connectivity index (χ2n) is 4.94. The third-order valence-corrected chi connectivity index (χ3v) is 3.23. The van der Waals surface area contributed by atoms with Crippen molar-refractivity contribution in [2.45, 2.75) is 13.5 Å². The molecule has 0 spiro atoms. The van der Waals surface area contributed by atoms with Crippen molar-refractivity contribution in [2.24, 2.45) is 0 Å². The van der Waals surface area contributed by atoms with Crippen LogP contribution in [0.5, 0.6) is 5.75 Å². The SMILES string of the molecule is Cc1cc(OCc2ccccc2)cc(-c2n[nH]nc2C#N)c1. The Bertz CT molecular complexity index is 818. The van der Waals surface area contributed by atoms with Gasteiger partial charge in [-0.2, -0.15) is 15.6 Å². The first-order chi connectivity index (χ1) is 10.8. The zero-order chi connectivity index (χ0) is 15.4. The first-order valence-corrected chi connectivity index (χ1v) is 6.86. The summed E-state index contributed by atoms with van der Waals surface area (Å²) in [4.78, 5) is 0. The molecule has 0 saturated heterocycles. The van der Waals surface area contributed by atoms with Gasteiger partial charge in [-0.3, -0.25) is 0 Å². The standard InChI is InChI=1S/C17H14N4O/c1-12-7-14(17-16(10-18)19-21-20-17)9-15(8-12)22-11-13-5-3-2-4-6-13/h2-9H,11H2,1H3,(H,19,20,21). The van der Waals surface area contributed by atoms with E-state index in [2.05, 4.69) is 15.4 Å². The van der Waals surface area contributed by atoms with Crippen LogP contribution < -0.4 is 4.74 Å². The van der Waals surface area contributed by atoms with Gasteiger partial charge in [0.25, 0.3) is 0 Å². The molecule has 2 aromatic carbocycles. The average Bonchev–Trinajstić information content (AvgIpc) is 3.02. The Hall–Kier alpha value is -3.13. The minimum absolute atomic E-state index is 0.277. The van der Waals surface area contributed by atoms with E-state index in [1.165, 1.54) is 0 Å². The molecule has 108 valence electrons. The first-order valence-electron chi connectivity index (χ1n) is 6.86. The predicted octanol–water partition coefficient (Wildman–Crippen LogP) is 3.23. The maximum atomic E-state index is 9.06. The van der Waals surface area contributed by atoms with Crippen LogP contribution in [0.15, 0.2) is 48.5 Å². The number of aromatic amines is 1. The molecule has 0 aliphatic rings. The molecule has 5 nitrogen and oxygen atoms in total. The normalized spacial score (nSPS) is 10.2. The van der Waals surface area contributed by atoms with Gasteiger partial charge in [0.2, 0.25) is 0 Å². The topological polar surface area (TPSA) is 74.6 Å². The summed E-state index contributed by atoms with van der Waals surface area (Å²) in [6, 6.07) is 17.8. The number of hydrogen-bond donors (Lipinski definition) is 1. The highest BCUT2D eigenvalue weighted by Gasteiger charge is 2.11. The summed E-state index contributed by atoms with van der Waals surface area (Å²) in [5, 5.41) is 19.4. The van der Waals surface area contributed by atoms with Gasteiger partial charge in [0.1, 0.15) is 24.1 Å². The summed E-state index contributed by atoms with van der Waals surface area (Å²) < 4.78 is 5.84. The van der Waals surface area contributed by atoms with E-state index in [1.807, 2.05) is 61.5 Å². The van der Waals surface area contributed by atoms with E-state index in [1.54, 1.807) is 0 Å². The number of H-pyrrole nitrogens is 1. The number of aryl methyl sites for hydroxylation is 1. The summed E-state index contributed by atoms with van der Waals surface area (Å²) >= 11 is 0. The number of nitrogens with zero attached hydrogens (tertiary/aromatic N) is 3. The van der Waals surface area contributed by atoms with E-state index in [9.17, 15) is 0 Å². The molecule has 0 radical (unpaired) electrons. The number of hydrogen-bond acceptors (Lipinski definition) is 4. The molecule has 0 amide bonds. The van der Waals surface area contributed by atoms with Crippen molar-refractivity contribution in [1.82, 2.24) is 15.4 Å². The Balaban J connectivity index is 1.86. The van der Waals surface area contributed by atoms with Gasteiger partial charge >= 0.3 is 0 Å². The molecule has 0 aliphatic heterocycles. The van der Waals surface area contributed by atoms with Gasteiger partial charge in [0, 0.05) is 5.56 Å². The van der Waals surface area contributed by atoms with Crippen molar-refractivity contribution in [1.29, 1.82) is 5.26 Å². The Morgan fingerprint density at radius 3 is 2.73 bits per heavy atom. The molecule has 0 bridgehead atoms. The van der Waals surface area contributed by atoms with Crippen LogP contribution in [0.3, 0.4) is 0 Å². The lowest BCUT2D eigenvalue weighted by Gasteiger charge is -2.09. The lowest BCUT2D eigenvalue weighted by atomic mass is 10.1. The first kappa shape index (κ1) is 13.8. The molecule has 0 fully saturated rings. The second-order valence-corrected chi connectivity index (χ2v) is 4.94. The van der Waals surface area contributed by atoms with Gasteiger partial charge in [-0.15, -0.1) is 5.10 Å². The third-order valence-electron chi connectivity index (χ3n) is 3.23. The molecule has 0 aliphatic carbocycles. The Morgan fingerprint density at radius 1 is 1.14 bits per heavy atom. The van der Waals surface area contributed by atoms with Crippen LogP contribution in [-0.2, 0) is 6.61 Å². The van der Waals surface area contributed by atoms with Gasteiger partial charge in [-0.05, 0) is 36.2 Å². The highest BCUT2D eigenvalue weighted by molar-refractivity contribution is 5.66. The second kappa shape index (κ2) is 6.10. The van der Waals surface area contributed by atoms with Crippen LogP contribution in [0.4, 0.5) is 0 Å². The molecular formula is C17H14N4O. The van der Waals surface area contributed by atoms with Crippen molar-refractivity contribution < 1.29 is 4.74 Å². The monoisotopic (exact) mass is 290 g/mol. The van der Waals surface area contributed by atoms with Crippen LogP contribution in [0, 0.1) is 18.3 Å². The summed E-state index contributed by atoms with van der Waals surface area (Å²) in [6.07, 6.45) is 0. The van der Waals surface area contributed by atoms with Gasteiger partial charge in [0.05, 0.1) is 0 Å². The quantitative estimate of drug-likeness (QED) is 0.800. The summed E-state index contributed by atoms with van der Waals surface area (Å²) in [7, 11) is 0. The van der Waals surface area contributed by atoms with Crippen molar-refractivity contribution in [3.8, 4) is 23.1 Å². The van der Waals surface area contributed by atoms with Crippen LogP contribution in [0.1, 0.15) is 16.8 Å². The minimum atomic E-state index is 0.277. The fraction of sp³-hybridized carbons (Fsp3) is 0.118. The Labute approximate surface area is 128 Å². The fourth-order valence-electron chi connectivity index (χ4n) is 2.22. The van der Waals surface area contributed by atoms with Crippen LogP contribution in [0.25, 0.3) is 11.3 Å². The smallest absolute Gasteiger partial charge is 0.190 e. The molecule has 0 unspecified atom stereocenters. The molecule has 1 heterocycles. The van der Waals surface area contributed by atoms with Crippen LogP contribution in [0.2, 0.25) is 0 Å². The molecule has 1 N–H and O–H groups in total. The highest BCUT2D eigenvalue weighted by Crippen LogP contribution is 2.26. The van der Waals surface area contributed by atoms with E-state index in [4.69, 9.17) is 10.00 Å². The fourth-order valence-corrected chi connectivity index (χ4v) is 2.22. The summed E-state index contributed by atoms with van der Waals surface area (Å²) in [5.41, 5.74) is 3.76. The third kappa shape index (κ3) is 2.96. The van der Waals surface area contributed by atoms with E-state index in [0.29, 0.717) is 12.3 Å². The van der Waals surface area contributed by atoms with E-state index in [0.717, 1.165) is 22.4 Å². The molecule has 0 atom stereocenters. The van der Waals surface area contributed by atoms with Crippen LogP contribution >= 0.6 is 0 Å². The van der Waals surface area contributed by atoms with Crippen LogP contribution in [-0.4, -0.2) is 15.4 Å². The van der Waals surface area contributed by atoms with E-state index in [-0.39, 0.29) is 5.69 Å². The van der Waals surface area contributed by atoms with Crippen molar-refractivity contribution >= 4 is 0 Å². The molecule has 1 aromatic heterocycles. The van der Waals surface area contributed by atoms with E-state index < -0.39 is 0 Å². The summed E-state index contributed by atoms with van der Waals surface area (Å²) in [5.74, 6) is 0.741. The maximum Gasteiger partial charge on any atom is 0.190 e. The Morgan fingerprint density at radius 2 is 1.95 bits per heavy atom. The zero-order valence-electron chi connectivity index (χ0n) is 12.1. The lowest BCUT2D eigenvalue weighted by molar-refractivity contribution is 0.306. The predicted molar refractivity (Wildman–Crippen MR) is 82.0 cm³/mol. The maximum absolute atomic E-state index is 9.06. The number of ether oxygens (including phenoxy) is 1. The minimum Gasteiger partial charge on any atom is -0.489 e. The molecule has 5 heteroatoms. The molecule has 3 aromatic rings. The number of nitriles is 1. The highest BCUT2D eigenvalue weighted by atomic mass is 16.5. The molecule has 3 rings (SSSR count). The number of aromatic nitrogens is 3. The largest absolute Gasteiger partial charge is 0.489 e. The zero-order valence-corrected chi connectivity index (χ0v) is 12.1. The molecule has 0 saturated carbocycles. The number of rotatable bonds is 4. The Kier molecular flexibility index (Phi) is 3.84. The van der Waals surface area contributed by atoms with Gasteiger partial charge in [-0.25, -0.2) is 0 Å². The summed E-state index contributed by atoms with van der Waals surface area (Å²) in [6.45, 7) is 2.47. The number of benzene rings is 2. The van der Waals surface area contributed by atoms with E-state index >= 15 is 0 Å². The average molecular weight is 290 g/mol. The van der Waals surface area contributed by atoms with Crippen molar-refractivity contribution in [3.05, 3.63) is 65.4 Å². The molecular weight excluding hydrogens is 276 g/mol. The van der Waals surface area contributed by atoms with Gasteiger partial charge < -0.3 is 4.74 Å². The molecule has 22 heavy (non-hydrogen) atoms. The lowest BCUT2D eigenvalue weighted by Crippen LogP contribution is -1.96. The van der Waals surface area contributed by atoms with Crippen molar-refractivity contribution in [3.63, 3.8) is 0 Å². The number of nitrogens with one attached hydrogen (secondary N) is 1. The van der Waals surface area contributed by atoms with Gasteiger partial charge in [-0.1, -0.05) is 30.3 Å².